The third kappa shape index (κ3) is 3.50. The molecular formula is C11H14BrNO3. The summed E-state index contributed by atoms with van der Waals surface area (Å²) in [5.41, 5.74) is 6.49. The Morgan fingerprint density at radius 1 is 1.44 bits per heavy atom. The van der Waals surface area contributed by atoms with Crippen molar-refractivity contribution < 1.29 is 14.3 Å². The standard InChI is InChI=1S/C11H14BrNO3/c1-2-15-6-7-16-11(14)8-4-3-5-9(12)10(8)13/h3-5H,2,6-7,13H2,1H3. The number of carbonyl (C=O) groups is 1. The third-order valence-electron chi connectivity index (χ3n) is 1.94. The van der Waals surface area contributed by atoms with E-state index >= 15 is 0 Å². The van der Waals surface area contributed by atoms with E-state index in [0.29, 0.717) is 28.9 Å². The number of rotatable bonds is 5. The molecule has 0 unspecified atom stereocenters. The summed E-state index contributed by atoms with van der Waals surface area (Å²) >= 11 is 3.25. The molecule has 1 aromatic rings. The maximum atomic E-state index is 11.6. The minimum Gasteiger partial charge on any atom is -0.460 e. The predicted molar refractivity (Wildman–Crippen MR) is 65.3 cm³/mol. The van der Waals surface area contributed by atoms with E-state index in [1.165, 1.54) is 0 Å². The highest BCUT2D eigenvalue weighted by atomic mass is 79.9. The molecule has 0 saturated heterocycles. The number of hydrogen-bond acceptors (Lipinski definition) is 4. The van der Waals surface area contributed by atoms with E-state index < -0.39 is 5.97 Å². The average Bonchev–Trinajstić information content (AvgIpc) is 2.28. The van der Waals surface area contributed by atoms with Crippen LogP contribution in [0.15, 0.2) is 22.7 Å². The van der Waals surface area contributed by atoms with Crippen LogP contribution in [-0.2, 0) is 9.47 Å². The summed E-state index contributed by atoms with van der Waals surface area (Å²) in [5, 5.41) is 0. The summed E-state index contributed by atoms with van der Waals surface area (Å²) in [5.74, 6) is -0.432. The van der Waals surface area contributed by atoms with Gasteiger partial charge in [-0.05, 0) is 35.0 Å². The van der Waals surface area contributed by atoms with Crippen molar-refractivity contribution in [2.75, 3.05) is 25.6 Å². The molecule has 0 aromatic heterocycles. The number of nitrogen functional groups attached to an aromatic ring is 1. The van der Waals surface area contributed by atoms with Gasteiger partial charge in [-0.15, -0.1) is 0 Å². The summed E-state index contributed by atoms with van der Waals surface area (Å²) in [7, 11) is 0. The van der Waals surface area contributed by atoms with E-state index in [4.69, 9.17) is 15.2 Å². The molecule has 0 atom stereocenters. The maximum absolute atomic E-state index is 11.6. The highest BCUT2D eigenvalue weighted by molar-refractivity contribution is 9.10. The Morgan fingerprint density at radius 3 is 2.88 bits per heavy atom. The number of benzene rings is 1. The quantitative estimate of drug-likeness (QED) is 0.512. The lowest BCUT2D eigenvalue weighted by atomic mass is 10.2. The van der Waals surface area contributed by atoms with Crippen molar-refractivity contribution in [1.82, 2.24) is 0 Å². The predicted octanol–water partition coefficient (Wildman–Crippen LogP) is 2.22. The molecular weight excluding hydrogens is 274 g/mol. The first-order valence-corrected chi connectivity index (χ1v) is 5.75. The molecule has 1 aromatic carbocycles. The lowest BCUT2D eigenvalue weighted by Gasteiger charge is -2.07. The number of hydrogen-bond donors (Lipinski definition) is 1. The molecule has 0 heterocycles. The first-order chi connectivity index (χ1) is 7.66. The van der Waals surface area contributed by atoms with Gasteiger partial charge in [0.15, 0.2) is 0 Å². The van der Waals surface area contributed by atoms with E-state index in [0.717, 1.165) is 0 Å². The molecule has 0 bridgehead atoms. The first kappa shape index (κ1) is 13.0. The van der Waals surface area contributed by atoms with Crippen LogP contribution >= 0.6 is 15.9 Å². The van der Waals surface area contributed by atoms with Gasteiger partial charge in [-0.1, -0.05) is 6.07 Å². The minimum atomic E-state index is -0.432. The van der Waals surface area contributed by atoms with Crippen LogP contribution in [0.5, 0.6) is 0 Å². The largest absolute Gasteiger partial charge is 0.460 e. The molecule has 0 amide bonds. The van der Waals surface area contributed by atoms with Crippen molar-refractivity contribution in [2.24, 2.45) is 0 Å². The average molecular weight is 288 g/mol. The van der Waals surface area contributed by atoms with Gasteiger partial charge < -0.3 is 15.2 Å². The fraction of sp³-hybridized carbons (Fsp3) is 0.364. The van der Waals surface area contributed by atoms with Crippen LogP contribution in [0.1, 0.15) is 17.3 Å². The Hall–Kier alpha value is -1.07. The zero-order chi connectivity index (χ0) is 12.0. The van der Waals surface area contributed by atoms with Crippen molar-refractivity contribution >= 4 is 27.6 Å². The third-order valence-corrected chi connectivity index (χ3v) is 2.63. The zero-order valence-corrected chi connectivity index (χ0v) is 10.6. The molecule has 0 aliphatic carbocycles. The second kappa shape index (κ2) is 6.50. The van der Waals surface area contributed by atoms with Gasteiger partial charge in [-0.25, -0.2) is 4.79 Å². The van der Waals surface area contributed by atoms with E-state index in [2.05, 4.69) is 15.9 Å². The second-order valence-corrected chi connectivity index (χ2v) is 3.89. The molecule has 88 valence electrons. The van der Waals surface area contributed by atoms with Gasteiger partial charge in [-0.2, -0.15) is 0 Å². The topological polar surface area (TPSA) is 61.5 Å². The van der Waals surface area contributed by atoms with Crippen LogP contribution < -0.4 is 5.73 Å². The number of halogens is 1. The fourth-order valence-corrected chi connectivity index (χ4v) is 1.50. The monoisotopic (exact) mass is 287 g/mol. The van der Waals surface area contributed by atoms with Gasteiger partial charge in [0, 0.05) is 11.1 Å². The maximum Gasteiger partial charge on any atom is 0.340 e. The molecule has 0 aliphatic rings. The second-order valence-electron chi connectivity index (χ2n) is 3.03. The van der Waals surface area contributed by atoms with Crippen LogP contribution in [-0.4, -0.2) is 25.8 Å². The minimum absolute atomic E-state index is 0.235. The Morgan fingerprint density at radius 2 is 2.19 bits per heavy atom. The highest BCUT2D eigenvalue weighted by Crippen LogP contribution is 2.23. The SMILES string of the molecule is CCOCCOC(=O)c1cccc(Br)c1N. The molecule has 0 aliphatic heterocycles. The Kier molecular flexibility index (Phi) is 5.28. The van der Waals surface area contributed by atoms with E-state index in [1.807, 2.05) is 6.92 Å². The molecule has 2 N–H and O–H groups in total. The van der Waals surface area contributed by atoms with Gasteiger partial charge in [0.05, 0.1) is 17.9 Å². The van der Waals surface area contributed by atoms with E-state index in [1.54, 1.807) is 18.2 Å². The van der Waals surface area contributed by atoms with Crippen molar-refractivity contribution in [3.63, 3.8) is 0 Å². The normalized spacial score (nSPS) is 10.1. The van der Waals surface area contributed by atoms with E-state index in [-0.39, 0.29) is 6.61 Å². The lowest BCUT2D eigenvalue weighted by Crippen LogP contribution is -2.12. The summed E-state index contributed by atoms with van der Waals surface area (Å²) in [4.78, 5) is 11.6. The van der Waals surface area contributed by atoms with Gasteiger partial charge in [0.25, 0.3) is 0 Å². The number of esters is 1. The molecule has 1 rings (SSSR count). The van der Waals surface area contributed by atoms with E-state index in [9.17, 15) is 4.79 Å². The molecule has 0 spiro atoms. The lowest BCUT2D eigenvalue weighted by molar-refractivity contribution is 0.0336. The molecule has 4 nitrogen and oxygen atoms in total. The highest BCUT2D eigenvalue weighted by Gasteiger charge is 2.12. The number of carbonyl (C=O) groups excluding carboxylic acids is 1. The molecule has 5 heteroatoms. The summed E-state index contributed by atoms with van der Waals surface area (Å²) in [6, 6.07) is 5.13. The molecule has 0 saturated carbocycles. The number of anilines is 1. The van der Waals surface area contributed by atoms with Crippen molar-refractivity contribution in [1.29, 1.82) is 0 Å². The van der Waals surface area contributed by atoms with Gasteiger partial charge in [0.1, 0.15) is 6.61 Å². The molecule has 0 fully saturated rings. The molecule has 16 heavy (non-hydrogen) atoms. The molecule has 0 radical (unpaired) electrons. The Labute approximate surface area is 103 Å². The Bertz CT molecular complexity index is 368. The van der Waals surface area contributed by atoms with Crippen LogP contribution in [0.2, 0.25) is 0 Å². The van der Waals surface area contributed by atoms with Gasteiger partial charge >= 0.3 is 5.97 Å². The van der Waals surface area contributed by atoms with Gasteiger partial charge in [-0.3, -0.25) is 0 Å². The van der Waals surface area contributed by atoms with Crippen LogP contribution in [0, 0.1) is 0 Å². The zero-order valence-electron chi connectivity index (χ0n) is 9.03. The Balaban J connectivity index is 2.56. The van der Waals surface area contributed by atoms with Crippen molar-refractivity contribution in [3.8, 4) is 0 Å². The number of nitrogens with two attached hydrogens (primary N) is 1. The van der Waals surface area contributed by atoms with Crippen LogP contribution in [0.3, 0.4) is 0 Å². The van der Waals surface area contributed by atoms with Crippen molar-refractivity contribution in [2.45, 2.75) is 6.92 Å². The summed E-state index contributed by atoms with van der Waals surface area (Å²) in [6.07, 6.45) is 0. The fourth-order valence-electron chi connectivity index (χ4n) is 1.13. The summed E-state index contributed by atoms with van der Waals surface area (Å²) < 4.78 is 10.7. The number of para-hydroxylation sites is 1. The van der Waals surface area contributed by atoms with Crippen molar-refractivity contribution in [3.05, 3.63) is 28.2 Å². The van der Waals surface area contributed by atoms with Crippen LogP contribution in [0.4, 0.5) is 5.69 Å². The number of ether oxygens (including phenoxy) is 2. The summed E-state index contributed by atoms with van der Waals surface area (Å²) in [6.45, 7) is 3.12. The van der Waals surface area contributed by atoms with Gasteiger partial charge in [0.2, 0.25) is 0 Å². The first-order valence-electron chi connectivity index (χ1n) is 4.95. The van der Waals surface area contributed by atoms with Crippen LogP contribution in [0.25, 0.3) is 0 Å². The smallest absolute Gasteiger partial charge is 0.340 e.